The molecule has 2 rings (SSSR count). The number of aryl methyl sites for hydroxylation is 3. The van der Waals surface area contributed by atoms with Gasteiger partial charge < -0.3 is 5.73 Å². The van der Waals surface area contributed by atoms with Crippen LogP contribution in [0.5, 0.6) is 0 Å². The van der Waals surface area contributed by atoms with Crippen LogP contribution in [0.1, 0.15) is 15.6 Å². The molecule has 2 aromatic heterocycles. The van der Waals surface area contributed by atoms with E-state index in [1.54, 1.807) is 17.5 Å². The summed E-state index contributed by atoms with van der Waals surface area (Å²) in [4.78, 5) is 9.28. The number of nitrogens with zero attached hydrogens (tertiary/aromatic N) is 2. The monoisotopic (exact) mass is 227 g/mol. The molecule has 0 bridgehead atoms. The van der Waals surface area contributed by atoms with Gasteiger partial charge in [-0.25, -0.2) is 9.97 Å². The van der Waals surface area contributed by atoms with Gasteiger partial charge in [-0.1, -0.05) is 0 Å². The quantitative estimate of drug-likeness (QED) is 0.753. The Hall–Kier alpha value is -0.940. The first kappa shape index (κ1) is 11.1. The molecule has 0 saturated heterocycles. The van der Waals surface area contributed by atoms with Gasteiger partial charge in [0.05, 0.1) is 10.7 Å². The van der Waals surface area contributed by atoms with E-state index in [-0.39, 0.29) is 0 Å². The smallest absolute Gasteiger partial charge is 0.179 e. The second-order valence-electron chi connectivity index (χ2n) is 2.74. The average molecular weight is 227 g/mol. The third-order valence-corrected chi connectivity index (χ3v) is 3.18. The van der Waals surface area contributed by atoms with Crippen LogP contribution in [0.25, 0.3) is 0 Å². The standard InChI is InChI=1S/C6H9NS.C3H4N2S/c1-4-5(2)8-6(3)7-4;4-3-5-1-2-6-3/h1-3H3;1-2H,(H2,4,5). The minimum atomic E-state index is 0.634. The molecule has 0 aromatic carbocycles. The van der Waals surface area contributed by atoms with E-state index in [0.717, 1.165) is 0 Å². The fourth-order valence-corrected chi connectivity index (χ4v) is 2.07. The van der Waals surface area contributed by atoms with Crippen molar-refractivity contribution in [1.82, 2.24) is 9.97 Å². The largest absolute Gasteiger partial charge is 0.375 e. The molecule has 2 aromatic rings. The average Bonchev–Trinajstić information content (AvgIpc) is 2.65. The molecule has 0 spiro atoms. The Kier molecular flexibility index (Phi) is 4.03. The number of nitrogen functional groups attached to an aromatic ring is 1. The van der Waals surface area contributed by atoms with Crippen LogP contribution in [0.4, 0.5) is 5.13 Å². The van der Waals surface area contributed by atoms with Crippen molar-refractivity contribution in [2.24, 2.45) is 0 Å². The minimum Gasteiger partial charge on any atom is -0.375 e. The summed E-state index contributed by atoms with van der Waals surface area (Å²) in [5, 5.41) is 3.64. The van der Waals surface area contributed by atoms with Crippen LogP contribution in [-0.2, 0) is 0 Å². The van der Waals surface area contributed by atoms with Crippen LogP contribution in [0, 0.1) is 20.8 Å². The molecule has 0 aliphatic carbocycles. The maximum Gasteiger partial charge on any atom is 0.179 e. The SMILES string of the molecule is Cc1nc(C)c(C)s1.Nc1nccs1. The molecule has 0 radical (unpaired) electrons. The van der Waals surface area contributed by atoms with Crippen LogP contribution < -0.4 is 5.73 Å². The minimum absolute atomic E-state index is 0.634. The number of anilines is 1. The predicted molar refractivity (Wildman–Crippen MR) is 62.9 cm³/mol. The highest BCUT2D eigenvalue weighted by molar-refractivity contribution is 7.13. The molecule has 0 atom stereocenters. The maximum absolute atomic E-state index is 5.19. The molecule has 0 unspecified atom stereocenters. The zero-order chi connectivity index (χ0) is 10.6. The van der Waals surface area contributed by atoms with E-state index in [1.807, 2.05) is 19.2 Å². The van der Waals surface area contributed by atoms with Crippen molar-refractivity contribution in [3.8, 4) is 0 Å². The Labute approximate surface area is 91.6 Å². The van der Waals surface area contributed by atoms with Gasteiger partial charge in [0.15, 0.2) is 5.13 Å². The first-order chi connectivity index (χ1) is 6.59. The molecule has 5 heteroatoms. The van der Waals surface area contributed by atoms with E-state index in [2.05, 4.69) is 16.9 Å². The first-order valence-corrected chi connectivity index (χ1v) is 5.85. The molecule has 2 heterocycles. The highest BCUT2D eigenvalue weighted by Gasteiger charge is 1.95. The number of aromatic nitrogens is 2. The van der Waals surface area contributed by atoms with Gasteiger partial charge in [-0.3, -0.25) is 0 Å². The summed E-state index contributed by atoms with van der Waals surface area (Å²) < 4.78 is 0. The van der Waals surface area contributed by atoms with Crippen LogP contribution in [0.15, 0.2) is 11.6 Å². The zero-order valence-corrected chi connectivity index (χ0v) is 10.1. The lowest BCUT2D eigenvalue weighted by Crippen LogP contribution is -1.77. The summed E-state index contributed by atoms with van der Waals surface area (Å²) in [5.74, 6) is 0. The highest BCUT2D eigenvalue weighted by atomic mass is 32.1. The zero-order valence-electron chi connectivity index (χ0n) is 8.44. The molecule has 0 aliphatic rings. The summed E-state index contributed by atoms with van der Waals surface area (Å²) >= 11 is 3.20. The van der Waals surface area contributed by atoms with E-state index < -0.39 is 0 Å². The maximum atomic E-state index is 5.19. The van der Waals surface area contributed by atoms with Gasteiger partial charge in [-0.05, 0) is 20.8 Å². The van der Waals surface area contributed by atoms with Crippen LogP contribution in [0.2, 0.25) is 0 Å². The van der Waals surface area contributed by atoms with Gasteiger partial charge in [-0.2, -0.15) is 0 Å². The second-order valence-corrected chi connectivity index (χ2v) is 5.08. The first-order valence-electron chi connectivity index (χ1n) is 4.15. The van der Waals surface area contributed by atoms with E-state index in [0.29, 0.717) is 5.13 Å². The molecule has 0 fully saturated rings. The molecule has 0 saturated carbocycles. The van der Waals surface area contributed by atoms with E-state index in [9.17, 15) is 0 Å². The lowest BCUT2D eigenvalue weighted by molar-refractivity contribution is 1.18. The molecular weight excluding hydrogens is 214 g/mol. The Morgan fingerprint density at radius 1 is 1.29 bits per heavy atom. The van der Waals surface area contributed by atoms with Crippen molar-refractivity contribution in [2.75, 3.05) is 5.73 Å². The third kappa shape index (κ3) is 3.43. The van der Waals surface area contributed by atoms with Gasteiger partial charge in [0.25, 0.3) is 0 Å². The van der Waals surface area contributed by atoms with Crippen molar-refractivity contribution in [3.05, 3.63) is 27.2 Å². The number of hydrogen-bond acceptors (Lipinski definition) is 5. The van der Waals surface area contributed by atoms with Gasteiger partial charge in [0.2, 0.25) is 0 Å². The van der Waals surface area contributed by atoms with E-state index >= 15 is 0 Å². The van der Waals surface area contributed by atoms with Gasteiger partial charge >= 0.3 is 0 Å². The third-order valence-electron chi connectivity index (χ3n) is 1.59. The van der Waals surface area contributed by atoms with Crippen molar-refractivity contribution in [1.29, 1.82) is 0 Å². The lowest BCUT2D eigenvalue weighted by Gasteiger charge is -1.77. The molecule has 3 nitrogen and oxygen atoms in total. The topological polar surface area (TPSA) is 51.8 Å². The summed E-state index contributed by atoms with van der Waals surface area (Å²) in [6.07, 6.45) is 1.68. The summed E-state index contributed by atoms with van der Waals surface area (Å²) in [6, 6.07) is 0. The highest BCUT2D eigenvalue weighted by Crippen LogP contribution is 2.14. The van der Waals surface area contributed by atoms with Crippen LogP contribution in [-0.4, -0.2) is 9.97 Å². The Balaban J connectivity index is 0.000000146. The van der Waals surface area contributed by atoms with Gasteiger partial charge in [-0.15, -0.1) is 22.7 Å². The summed E-state index contributed by atoms with van der Waals surface area (Å²) in [6.45, 7) is 6.17. The fourth-order valence-electron chi connectivity index (χ4n) is 0.868. The normalized spacial score (nSPS) is 9.36. The number of hydrogen-bond donors (Lipinski definition) is 1. The van der Waals surface area contributed by atoms with Crippen molar-refractivity contribution in [3.63, 3.8) is 0 Å². The molecule has 2 N–H and O–H groups in total. The Morgan fingerprint density at radius 2 is 2.00 bits per heavy atom. The molecule has 0 amide bonds. The molecule has 76 valence electrons. The summed E-state index contributed by atoms with van der Waals surface area (Å²) in [5.41, 5.74) is 6.36. The Morgan fingerprint density at radius 3 is 2.14 bits per heavy atom. The molecule has 14 heavy (non-hydrogen) atoms. The Bertz CT molecular complexity index is 359. The van der Waals surface area contributed by atoms with Crippen LogP contribution in [0.3, 0.4) is 0 Å². The van der Waals surface area contributed by atoms with E-state index in [1.165, 1.54) is 26.9 Å². The van der Waals surface area contributed by atoms with Crippen molar-refractivity contribution >= 4 is 27.8 Å². The number of thiazole rings is 2. The lowest BCUT2D eigenvalue weighted by atomic mass is 10.4. The second kappa shape index (κ2) is 5.07. The van der Waals surface area contributed by atoms with Crippen molar-refractivity contribution in [2.45, 2.75) is 20.8 Å². The van der Waals surface area contributed by atoms with Crippen molar-refractivity contribution < 1.29 is 0 Å². The number of nitrogens with two attached hydrogens (primary N) is 1. The molecule has 0 aliphatic heterocycles. The molecular formula is C9H13N3S2. The van der Waals surface area contributed by atoms with Crippen LogP contribution >= 0.6 is 22.7 Å². The number of rotatable bonds is 0. The van der Waals surface area contributed by atoms with E-state index in [4.69, 9.17) is 5.73 Å². The summed E-state index contributed by atoms with van der Waals surface area (Å²) in [7, 11) is 0. The van der Waals surface area contributed by atoms with Gasteiger partial charge in [0.1, 0.15) is 0 Å². The fraction of sp³-hybridized carbons (Fsp3) is 0.333. The van der Waals surface area contributed by atoms with Gasteiger partial charge in [0, 0.05) is 16.5 Å². The predicted octanol–water partition coefficient (Wildman–Crippen LogP) is 2.79.